The van der Waals surface area contributed by atoms with Crippen molar-refractivity contribution in [3.63, 3.8) is 0 Å². The van der Waals surface area contributed by atoms with E-state index in [0.29, 0.717) is 31.1 Å². The van der Waals surface area contributed by atoms with Gasteiger partial charge in [-0.1, -0.05) is 0 Å². The Kier molecular flexibility index (Phi) is 5.63. The molecule has 0 unspecified atom stereocenters. The number of nitrogens with two attached hydrogens (primary N) is 1. The zero-order valence-corrected chi connectivity index (χ0v) is 18.6. The van der Waals surface area contributed by atoms with Crippen LogP contribution in [0.3, 0.4) is 0 Å². The van der Waals surface area contributed by atoms with Gasteiger partial charge in [0.2, 0.25) is 10.0 Å². The molecule has 3 heterocycles. The predicted octanol–water partition coefficient (Wildman–Crippen LogP) is 2.92. The highest BCUT2D eigenvalue weighted by Gasteiger charge is 2.36. The molecule has 1 aliphatic rings. The quantitative estimate of drug-likeness (QED) is 0.650. The van der Waals surface area contributed by atoms with Crippen LogP contribution in [0.1, 0.15) is 29.2 Å². The molecule has 0 radical (unpaired) electrons. The second kappa shape index (κ2) is 8.24. The number of rotatable bonds is 5. The molecule has 1 atom stereocenters. The van der Waals surface area contributed by atoms with Crippen molar-refractivity contribution in [2.75, 3.05) is 25.9 Å². The summed E-state index contributed by atoms with van der Waals surface area (Å²) >= 11 is 0. The minimum atomic E-state index is -3.71. The number of ether oxygens (including phenoxy) is 1. The van der Waals surface area contributed by atoms with E-state index in [1.54, 1.807) is 30.6 Å². The van der Waals surface area contributed by atoms with E-state index in [1.807, 2.05) is 19.9 Å². The average Bonchev–Trinajstić information content (AvgIpc) is 3.26. The number of sulfonamides is 1. The Morgan fingerprint density at radius 2 is 1.94 bits per heavy atom. The van der Waals surface area contributed by atoms with Crippen molar-refractivity contribution < 1.29 is 13.2 Å². The van der Waals surface area contributed by atoms with Crippen LogP contribution in [0, 0.1) is 13.8 Å². The first kappa shape index (κ1) is 21.2. The fourth-order valence-corrected chi connectivity index (χ4v) is 5.66. The maximum absolute atomic E-state index is 13.4. The summed E-state index contributed by atoms with van der Waals surface area (Å²) in [6.07, 6.45) is 5.53. The molecule has 1 aliphatic heterocycles. The number of hydrogen-bond acceptors (Lipinski definition) is 7. The van der Waals surface area contributed by atoms with Gasteiger partial charge in [-0.15, -0.1) is 0 Å². The van der Waals surface area contributed by atoms with E-state index in [4.69, 9.17) is 10.5 Å². The van der Waals surface area contributed by atoms with Gasteiger partial charge in [0.1, 0.15) is 22.8 Å². The maximum atomic E-state index is 13.4. The Labute approximate surface area is 182 Å². The van der Waals surface area contributed by atoms with E-state index in [0.717, 1.165) is 27.9 Å². The number of pyridine rings is 1. The molecule has 0 spiro atoms. The summed E-state index contributed by atoms with van der Waals surface area (Å²) in [7, 11) is -2.22. The van der Waals surface area contributed by atoms with E-state index in [-0.39, 0.29) is 10.8 Å². The SMILES string of the molecule is COc1cc(C)c(C)cc1S(=O)(=O)N1CC[C@H](c2ncncc2-c2ccnc(N)c2)C1. The summed E-state index contributed by atoms with van der Waals surface area (Å²) in [5.74, 6) is 0.714. The van der Waals surface area contributed by atoms with Crippen LogP contribution in [-0.4, -0.2) is 47.9 Å². The van der Waals surface area contributed by atoms with Crippen molar-refractivity contribution in [1.82, 2.24) is 19.3 Å². The van der Waals surface area contributed by atoms with Crippen molar-refractivity contribution in [1.29, 1.82) is 0 Å². The lowest BCUT2D eigenvalue weighted by Crippen LogP contribution is -2.29. The van der Waals surface area contributed by atoms with Gasteiger partial charge in [-0.3, -0.25) is 0 Å². The van der Waals surface area contributed by atoms with Gasteiger partial charge in [0, 0.05) is 37.0 Å². The molecule has 1 fully saturated rings. The van der Waals surface area contributed by atoms with E-state index in [2.05, 4.69) is 15.0 Å². The first-order chi connectivity index (χ1) is 14.8. The van der Waals surface area contributed by atoms with Crippen LogP contribution >= 0.6 is 0 Å². The molecular formula is C22H25N5O3S. The van der Waals surface area contributed by atoms with Crippen LogP contribution in [0.25, 0.3) is 11.1 Å². The third kappa shape index (κ3) is 3.98. The normalized spacial score (nSPS) is 17.1. The summed E-state index contributed by atoms with van der Waals surface area (Å²) in [5, 5.41) is 0. The van der Waals surface area contributed by atoms with Crippen LogP contribution in [0.4, 0.5) is 5.82 Å². The summed E-state index contributed by atoms with van der Waals surface area (Å²) in [4.78, 5) is 12.9. The Morgan fingerprint density at radius 3 is 2.68 bits per heavy atom. The lowest BCUT2D eigenvalue weighted by Gasteiger charge is -2.20. The molecular weight excluding hydrogens is 414 g/mol. The minimum Gasteiger partial charge on any atom is -0.495 e. The smallest absolute Gasteiger partial charge is 0.246 e. The van der Waals surface area contributed by atoms with Gasteiger partial charge in [0.15, 0.2) is 0 Å². The van der Waals surface area contributed by atoms with Crippen LogP contribution in [0.2, 0.25) is 0 Å². The molecule has 31 heavy (non-hydrogen) atoms. The number of nitrogens with zero attached hydrogens (tertiary/aromatic N) is 4. The van der Waals surface area contributed by atoms with E-state index < -0.39 is 10.0 Å². The number of aromatic nitrogens is 3. The number of anilines is 1. The summed E-state index contributed by atoms with van der Waals surface area (Å²) in [6, 6.07) is 7.08. The molecule has 0 bridgehead atoms. The molecule has 1 saturated heterocycles. The largest absolute Gasteiger partial charge is 0.495 e. The molecule has 8 nitrogen and oxygen atoms in total. The molecule has 3 aromatic rings. The molecule has 2 N–H and O–H groups in total. The Morgan fingerprint density at radius 1 is 1.16 bits per heavy atom. The van der Waals surface area contributed by atoms with Gasteiger partial charge in [-0.25, -0.2) is 23.4 Å². The highest BCUT2D eigenvalue weighted by Crippen LogP contribution is 2.37. The number of benzene rings is 1. The summed E-state index contributed by atoms with van der Waals surface area (Å²) in [5.41, 5.74) is 10.2. The molecule has 0 saturated carbocycles. The molecule has 0 amide bonds. The third-order valence-corrected chi connectivity index (χ3v) is 7.66. The number of hydrogen-bond donors (Lipinski definition) is 1. The second-order valence-electron chi connectivity index (χ2n) is 7.73. The van der Waals surface area contributed by atoms with Crippen molar-refractivity contribution in [2.24, 2.45) is 0 Å². The highest BCUT2D eigenvalue weighted by atomic mass is 32.2. The predicted molar refractivity (Wildman–Crippen MR) is 118 cm³/mol. The number of nitrogen functional groups attached to an aromatic ring is 1. The fourth-order valence-electron chi connectivity index (χ4n) is 3.94. The van der Waals surface area contributed by atoms with E-state index in [9.17, 15) is 8.42 Å². The van der Waals surface area contributed by atoms with Crippen LogP contribution < -0.4 is 10.5 Å². The molecule has 2 aromatic heterocycles. The monoisotopic (exact) mass is 439 g/mol. The Balaban J connectivity index is 1.66. The highest BCUT2D eigenvalue weighted by molar-refractivity contribution is 7.89. The second-order valence-corrected chi connectivity index (χ2v) is 9.63. The van der Waals surface area contributed by atoms with Crippen LogP contribution in [0.5, 0.6) is 5.75 Å². The molecule has 0 aliphatic carbocycles. The Bertz CT molecular complexity index is 1230. The molecule has 162 valence electrons. The fraction of sp³-hybridized carbons (Fsp3) is 0.318. The number of aryl methyl sites for hydroxylation is 2. The summed E-state index contributed by atoms with van der Waals surface area (Å²) < 4.78 is 33.8. The Hall–Kier alpha value is -3.04. The van der Waals surface area contributed by atoms with Gasteiger partial charge in [-0.05, 0) is 61.2 Å². The van der Waals surface area contributed by atoms with E-state index >= 15 is 0 Å². The van der Waals surface area contributed by atoms with Crippen molar-refractivity contribution in [2.45, 2.75) is 31.1 Å². The average molecular weight is 440 g/mol. The number of methoxy groups -OCH3 is 1. The first-order valence-electron chi connectivity index (χ1n) is 9.98. The van der Waals surface area contributed by atoms with Crippen LogP contribution in [-0.2, 0) is 10.0 Å². The van der Waals surface area contributed by atoms with Gasteiger partial charge >= 0.3 is 0 Å². The van der Waals surface area contributed by atoms with Gasteiger partial charge in [0.05, 0.1) is 12.8 Å². The minimum absolute atomic E-state index is 0.0558. The lowest BCUT2D eigenvalue weighted by atomic mass is 9.96. The van der Waals surface area contributed by atoms with Crippen LogP contribution in [0.15, 0.2) is 47.9 Å². The van der Waals surface area contributed by atoms with Gasteiger partial charge < -0.3 is 10.5 Å². The lowest BCUT2D eigenvalue weighted by molar-refractivity contribution is 0.397. The summed E-state index contributed by atoms with van der Waals surface area (Å²) in [6.45, 7) is 4.57. The standard InChI is InChI=1S/C22H25N5O3S/c1-14-8-19(30-3)20(9-15(14)2)31(28,29)27-7-5-17(12-27)22-18(11-24-13-26-22)16-4-6-25-21(23)10-16/h4,6,8-11,13,17H,5,7,12H2,1-3H3,(H2,23,25)/t17-/m0/s1. The first-order valence-corrected chi connectivity index (χ1v) is 11.4. The van der Waals surface area contributed by atoms with Crippen molar-refractivity contribution in [3.8, 4) is 16.9 Å². The van der Waals surface area contributed by atoms with Crippen molar-refractivity contribution >= 4 is 15.8 Å². The zero-order chi connectivity index (χ0) is 22.2. The molecule has 4 rings (SSSR count). The molecule has 1 aromatic carbocycles. The maximum Gasteiger partial charge on any atom is 0.246 e. The van der Waals surface area contributed by atoms with Crippen molar-refractivity contribution in [3.05, 3.63) is 59.8 Å². The topological polar surface area (TPSA) is 111 Å². The third-order valence-electron chi connectivity index (χ3n) is 5.77. The zero-order valence-electron chi connectivity index (χ0n) is 17.7. The van der Waals surface area contributed by atoms with Gasteiger partial charge in [-0.2, -0.15) is 4.31 Å². The van der Waals surface area contributed by atoms with Gasteiger partial charge in [0.25, 0.3) is 0 Å². The molecule has 9 heteroatoms. The van der Waals surface area contributed by atoms with E-state index in [1.165, 1.54) is 17.7 Å².